The minimum atomic E-state index is -0.0894. The first-order valence-corrected chi connectivity index (χ1v) is 7.25. The Morgan fingerprint density at radius 2 is 2.19 bits per heavy atom. The second-order valence-corrected chi connectivity index (χ2v) is 5.37. The number of urea groups is 1. The van der Waals surface area contributed by atoms with E-state index in [-0.39, 0.29) is 11.9 Å². The first kappa shape index (κ1) is 13.9. The SMILES string of the molecule is O=C(NC[C@@H]1CCOC1)c1ccc(N2CCNC2=O)cc1. The highest BCUT2D eigenvalue weighted by atomic mass is 16.5. The van der Waals surface area contributed by atoms with Crippen molar-refractivity contribution < 1.29 is 14.3 Å². The molecule has 1 aromatic rings. The molecule has 2 heterocycles. The summed E-state index contributed by atoms with van der Waals surface area (Å²) >= 11 is 0. The van der Waals surface area contributed by atoms with E-state index in [9.17, 15) is 9.59 Å². The molecule has 1 aromatic carbocycles. The molecule has 2 aliphatic heterocycles. The highest BCUT2D eigenvalue weighted by Crippen LogP contribution is 2.17. The molecule has 2 saturated heterocycles. The molecule has 0 spiro atoms. The van der Waals surface area contributed by atoms with Crippen molar-refractivity contribution in [1.29, 1.82) is 0 Å². The summed E-state index contributed by atoms with van der Waals surface area (Å²) in [6.45, 7) is 3.47. The zero-order valence-electron chi connectivity index (χ0n) is 11.8. The fraction of sp³-hybridized carbons (Fsp3) is 0.467. The van der Waals surface area contributed by atoms with Gasteiger partial charge in [0.05, 0.1) is 6.61 Å². The highest BCUT2D eigenvalue weighted by molar-refractivity contribution is 5.96. The Balaban J connectivity index is 1.58. The maximum Gasteiger partial charge on any atom is 0.321 e. The molecule has 6 heteroatoms. The smallest absolute Gasteiger partial charge is 0.321 e. The van der Waals surface area contributed by atoms with Crippen molar-refractivity contribution in [2.75, 3.05) is 37.7 Å². The van der Waals surface area contributed by atoms with Gasteiger partial charge in [-0.15, -0.1) is 0 Å². The summed E-state index contributed by atoms with van der Waals surface area (Å²) in [4.78, 5) is 25.3. The first-order valence-electron chi connectivity index (χ1n) is 7.25. The minimum absolute atomic E-state index is 0.0840. The topological polar surface area (TPSA) is 70.7 Å². The molecule has 0 radical (unpaired) electrons. The van der Waals surface area contributed by atoms with E-state index in [1.165, 1.54) is 0 Å². The van der Waals surface area contributed by atoms with Crippen LogP contribution < -0.4 is 15.5 Å². The van der Waals surface area contributed by atoms with Gasteiger partial charge < -0.3 is 15.4 Å². The third-order valence-corrected chi connectivity index (χ3v) is 3.87. The summed E-state index contributed by atoms with van der Waals surface area (Å²) in [5.41, 5.74) is 1.42. The summed E-state index contributed by atoms with van der Waals surface area (Å²) in [5, 5.41) is 5.68. The number of hydrogen-bond acceptors (Lipinski definition) is 3. The Morgan fingerprint density at radius 1 is 1.38 bits per heavy atom. The van der Waals surface area contributed by atoms with Gasteiger partial charge in [0.15, 0.2) is 0 Å². The van der Waals surface area contributed by atoms with E-state index in [1.807, 2.05) is 0 Å². The number of nitrogens with zero attached hydrogens (tertiary/aromatic N) is 1. The molecule has 2 aliphatic rings. The van der Waals surface area contributed by atoms with Crippen molar-refractivity contribution in [1.82, 2.24) is 10.6 Å². The summed E-state index contributed by atoms with van der Waals surface area (Å²) in [6.07, 6.45) is 1.00. The Labute approximate surface area is 123 Å². The van der Waals surface area contributed by atoms with Crippen LogP contribution in [0, 0.1) is 5.92 Å². The van der Waals surface area contributed by atoms with Gasteiger partial charge >= 0.3 is 6.03 Å². The van der Waals surface area contributed by atoms with Crippen LogP contribution >= 0.6 is 0 Å². The molecule has 3 rings (SSSR count). The van der Waals surface area contributed by atoms with E-state index in [0.29, 0.717) is 31.1 Å². The van der Waals surface area contributed by atoms with E-state index < -0.39 is 0 Å². The van der Waals surface area contributed by atoms with Crippen LogP contribution in [0.2, 0.25) is 0 Å². The van der Waals surface area contributed by atoms with Gasteiger partial charge in [0.1, 0.15) is 0 Å². The van der Waals surface area contributed by atoms with Crippen LogP contribution in [0.15, 0.2) is 24.3 Å². The van der Waals surface area contributed by atoms with Crippen LogP contribution in [0.1, 0.15) is 16.8 Å². The average Bonchev–Trinajstić information content (AvgIpc) is 3.16. The van der Waals surface area contributed by atoms with E-state index in [1.54, 1.807) is 29.2 Å². The van der Waals surface area contributed by atoms with E-state index >= 15 is 0 Å². The molecule has 112 valence electrons. The molecule has 2 N–H and O–H groups in total. The van der Waals surface area contributed by atoms with Gasteiger partial charge in [-0.25, -0.2) is 4.79 Å². The lowest BCUT2D eigenvalue weighted by atomic mass is 10.1. The fourth-order valence-electron chi connectivity index (χ4n) is 2.59. The predicted octanol–water partition coefficient (Wildman–Crippen LogP) is 0.982. The van der Waals surface area contributed by atoms with Crippen LogP contribution in [0.5, 0.6) is 0 Å². The lowest BCUT2D eigenvalue weighted by molar-refractivity contribution is 0.0945. The fourth-order valence-corrected chi connectivity index (χ4v) is 2.59. The van der Waals surface area contributed by atoms with Crippen LogP contribution in [0.4, 0.5) is 10.5 Å². The monoisotopic (exact) mass is 289 g/mol. The Kier molecular flexibility index (Phi) is 4.06. The van der Waals surface area contributed by atoms with Crippen LogP contribution in [-0.2, 0) is 4.74 Å². The summed E-state index contributed by atoms with van der Waals surface area (Å²) < 4.78 is 5.28. The van der Waals surface area contributed by atoms with Crippen LogP contribution in [0.25, 0.3) is 0 Å². The molecule has 1 atom stereocenters. The predicted molar refractivity (Wildman–Crippen MR) is 78.4 cm³/mol. The first-order chi connectivity index (χ1) is 10.2. The number of ether oxygens (including phenoxy) is 1. The summed E-state index contributed by atoms with van der Waals surface area (Å²) in [6, 6.07) is 7.02. The standard InChI is InChI=1S/C15H19N3O3/c19-14(17-9-11-5-8-21-10-11)12-1-3-13(4-2-12)18-7-6-16-15(18)20/h1-4,11H,5-10H2,(H,16,20)(H,17,19)/t11-/m0/s1. The molecule has 0 saturated carbocycles. The van der Waals surface area contributed by atoms with Gasteiger partial charge in [0.2, 0.25) is 0 Å². The second-order valence-electron chi connectivity index (χ2n) is 5.37. The second kappa shape index (κ2) is 6.13. The third-order valence-electron chi connectivity index (χ3n) is 3.87. The van der Waals surface area contributed by atoms with Crippen LogP contribution in [0.3, 0.4) is 0 Å². The summed E-state index contributed by atoms with van der Waals surface area (Å²) in [7, 11) is 0. The molecule has 21 heavy (non-hydrogen) atoms. The number of carbonyl (C=O) groups excluding carboxylic acids is 2. The van der Waals surface area contributed by atoms with Gasteiger partial charge in [0, 0.05) is 43.4 Å². The van der Waals surface area contributed by atoms with Crippen molar-refractivity contribution in [3.05, 3.63) is 29.8 Å². The van der Waals surface area contributed by atoms with Gasteiger partial charge in [0.25, 0.3) is 5.91 Å². The number of carbonyl (C=O) groups is 2. The molecular formula is C15H19N3O3. The van der Waals surface area contributed by atoms with Gasteiger partial charge in [-0.1, -0.05) is 0 Å². The maximum absolute atomic E-state index is 12.1. The maximum atomic E-state index is 12.1. The number of hydrogen-bond donors (Lipinski definition) is 2. The quantitative estimate of drug-likeness (QED) is 0.868. The Bertz CT molecular complexity index is 523. The molecule has 2 fully saturated rings. The lowest BCUT2D eigenvalue weighted by Gasteiger charge is -2.14. The number of amides is 3. The number of benzene rings is 1. The molecule has 3 amide bonds. The number of nitrogens with one attached hydrogen (secondary N) is 2. The molecular weight excluding hydrogens is 270 g/mol. The summed E-state index contributed by atoms with van der Waals surface area (Å²) in [5.74, 6) is 0.334. The normalized spacial score (nSPS) is 21.4. The van der Waals surface area contributed by atoms with E-state index in [4.69, 9.17) is 4.74 Å². The van der Waals surface area contributed by atoms with E-state index in [2.05, 4.69) is 10.6 Å². The minimum Gasteiger partial charge on any atom is -0.381 e. The Morgan fingerprint density at radius 3 is 2.81 bits per heavy atom. The molecule has 0 aromatic heterocycles. The number of rotatable bonds is 4. The highest BCUT2D eigenvalue weighted by Gasteiger charge is 2.21. The molecule has 0 bridgehead atoms. The number of anilines is 1. The van der Waals surface area contributed by atoms with Crippen molar-refractivity contribution >= 4 is 17.6 Å². The average molecular weight is 289 g/mol. The van der Waals surface area contributed by atoms with E-state index in [0.717, 1.165) is 25.3 Å². The third kappa shape index (κ3) is 3.16. The van der Waals surface area contributed by atoms with Crippen LogP contribution in [-0.4, -0.2) is 44.8 Å². The van der Waals surface area contributed by atoms with Crippen molar-refractivity contribution in [2.45, 2.75) is 6.42 Å². The zero-order chi connectivity index (χ0) is 14.7. The largest absolute Gasteiger partial charge is 0.381 e. The molecule has 0 unspecified atom stereocenters. The van der Waals surface area contributed by atoms with Crippen molar-refractivity contribution in [3.63, 3.8) is 0 Å². The van der Waals surface area contributed by atoms with Gasteiger partial charge in [-0.3, -0.25) is 9.69 Å². The van der Waals surface area contributed by atoms with Crippen molar-refractivity contribution in [3.8, 4) is 0 Å². The Hall–Kier alpha value is -2.08. The van der Waals surface area contributed by atoms with Crippen molar-refractivity contribution in [2.24, 2.45) is 5.92 Å². The zero-order valence-corrected chi connectivity index (χ0v) is 11.8. The molecule has 6 nitrogen and oxygen atoms in total. The van der Waals surface area contributed by atoms with Gasteiger partial charge in [-0.05, 0) is 30.7 Å². The lowest BCUT2D eigenvalue weighted by Crippen LogP contribution is -2.30. The molecule has 0 aliphatic carbocycles. The van der Waals surface area contributed by atoms with Gasteiger partial charge in [-0.2, -0.15) is 0 Å².